The molecule has 0 bridgehead atoms. The van der Waals surface area contributed by atoms with Gasteiger partial charge in [0.1, 0.15) is 23.1 Å². The summed E-state index contributed by atoms with van der Waals surface area (Å²) < 4.78 is 35.1. The topological polar surface area (TPSA) is 75.7 Å². The van der Waals surface area contributed by atoms with Gasteiger partial charge in [-0.2, -0.15) is 0 Å². The van der Waals surface area contributed by atoms with E-state index < -0.39 is 17.6 Å². The molecule has 0 aliphatic rings. The van der Waals surface area contributed by atoms with Crippen molar-refractivity contribution in [1.82, 2.24) is 0 Å². The number of ether oxygens (including phenoxy) is 1. The standard InChI is InChI=1S/C26H24F2N2O4/c1-15-23(29-17(3)32)11-10-20(16(2)31)25(15)34-26(33)19-12-21(27)24(22(28)13-19)30(4)14-18-8-6-5-7-9-18/h5-13H,14H2,1-4H3,(H,29,32). The number of halogens is 2. The minimum Gasteiger partial charge on any atom is -0.422 e. The highest BCUT2D eigenvalue weighted by molar-refractivity contribution is 6.01. The van der Waals surface area contributed by atoms with Crippen molar-refractivity contribution in [1.29, 1.82) is 0 Å². The number of amides is 1. The van der Waals surface area contributed by atoms with Crippen LogP contribution in [0, 0.1) is 18.6 Å². The number of hydrogen-bond donors (Lipinski definition) is 1. The fourth-order valence-electron chi connectivity index (χ4n) is 3.56. The number of esters is 1. The second-order valence-electron chi connectivity index (χ2n) is 7.87. The minimum absolute atomic E-state index is 0.0881. The molecule has 0 saturated carbocycles. The molecule has 0 radical (unpaired) electrons. The molecule has 0 aliphatic carbocycles. The van der Waals surface area contributed by atoms with E-state index in [1.807, 2.05) is 30.3 Å². The third-order valence-electron chi connectivity index (χ3n) is 5.19. The maximum atomic E-state index is 14.9. The monoisotopic (exact) mass is 466 g/mol. The number of carbonyl (C=O) groups excluding carboxylic acids is 3. The quantitative estimate of drug-likeness (QED) is 0.291. The second-order valence-corrected chi connectivity index (χ2v) is 7.87. The summed E-state index contributed by atoms with van der Waals surface area (Å²) in [6.07, 6.45) is 0. The summed E-state index contributed by atoms with van der Waals surface area (Å²) in [5.74, 6) is -3.72. The van der Waals surface area contributed by atoms with Gasteiger partial charge in [0.05, 0.1) is 11.1 Å². The normalized spacial score (nSPS) is 10.5. The second kappa shape index (κ2) is 10.2. The lowest BCUT2D eigenvalue weighted by molar-refractivity contribution is -0.114. The van der Waals surface area contributed by atoms with Crippen molar-refractivity contribution in [3.63, 3.8) is 0 Å². The van der Waals surface area contributed by atoms with Gasteiger partial charge < -0.3 is 15.0 Å². The van der Waals surface area contributed by atoms with E-state index in [9.17, 15) is 23.2 Å². The molecule has 3 rings (SSSR count). The van der Waals surface area contributed by atoms with Crippen LogP contribution in [0.15, 0.2) is 54.6 Å². The highest BCUT2D eigenvalue weighted by Gasteiger charge is 2.23. The Morgan fingerprint density at radius 1 is 0.971 bits per heavy atom. The molecule has 1 N–H and O–H groups in total. The Labute approximate surface area is 196 Å². The number of nitrogens with zero attached hydrogens (tertiary/aromatic N) is 1. The maximum absolute atomic E-state index is 14.9. The summed E-state index contributed by atoms with van der Waals surface area (Å²) in [5.41, 5.74) is 0.991. The zero-order valence-corrected chi connectivity index (χ0v) is 19.2. The van der Waals surface area contributed by atoms with Gasteiger partial charge in [-0.05, 0) is 43.7 Å². The highest BCUT2D eigenvalue weighted by atomic mass is 19.1. The minimum atomic E-state index is -1.04. The predicted octanol–water partition coefficient (Wildman–Crippen LogP) is 5.29. The molecule has 34 heavy (non-hydrogen) atoms. The molecule has 3 aromatic rings. The molecule has 0 atom stereocenters. The Morgan fingerprint density at radius 3 is 2.15 bits per heavy atom. The smallest absolute Gasteiger partial charge is 0.343 e. The first kappa shape index (κ1) is 24.6. The highest BCUT2D eigenvalue weighted by Crippen LogP contribution is 2.32. The number of ketones is 1. The number of hydrogen-bond acceptors (Lipinski definition) is 5. The predicted molar refractivity (Wildman–Crippen MR) is 125 cm³/mol. The van der Waals surface area contributed by atoms with E-state index in [-0.39, 0.29) is 40.8 Å². The van der Waals surface area contributed by atoms with Gasteiger partial charge in [0.2, 0.25) is 5.91 Å². The van der Waals surface area contributed by atoms with Crippen molar-refractivity contribution in [2.75, 3.05) is 17.3 Å². The van der Waals surface area contributed by atoms with Crippen molar-refractivity contribution in [3.05, 3.63) is 88.5 Å². The van der Waals surface area contributed by atoms with Gasteiger partial charge in [0, 0.05) is 31.8 Å². The third kappa shape index (κ3) is 5.46. The third-order valence-corrected chi connectivity index (χ3v) is 5.19. The Morgan fingerprint density at radius 2 is 1.59 bits per heavy atom. The van der Waals surface area contributed by atoms with Crippen molar-refractivity contribution in [2.24, 2.45) is 0 Å². The van der Waals surface area contributed by atoms with Crippen molar-refractivity contribution < 1.29 is 27.9 Å². The lowest BCUT2D eigenvalue weighted by Crippen LogP contribution is -2.20. The van der Waals surface area contributed by atoms with Crippen molar-refractivity contribution in [2.45, 2.75) is 27.3 Å². The fraction of sp³-hybridized carbons (Fsp3) is 0.192. The number of nitrogens with one attached hydrogen (secondary N) is 1. The Balaban J connectivity index is 1.91. The van der Waals surface area contributed by atoms with Crippen molar-refractivity contribution in [3.8, 4) is 5.75 Å². The zero-order valence-electron chi connectivity index (χ0n) is 19.2. The summed E-state index contributed by atoms with van der Waals surface area (Å²) in [6, 6.07) is 13.9. The molecule has 1 amide bonds. The number of carbonyl (C=O) groups is 3. The zero-order chi connectivity index (χ0) is 25.0. The number of rotatable bonds is 7. The van der Waals surface area contributed by atoms with E-state index in [2.05, 4.69) is 5.32 Å². The molecule has 3 aromatic carbocycles. The molecule has 176 valence electrons. The number of anilines is 2. The molecule has 0 aromatic heterocycles. The van der Waals surface area contributed by atoms with E-state index in [0.29, 0.717) is 11.3 Å². The molecular formula is C26H24F2N2O4. The van der Waals surface area contributed by atoms with Crippen LogP contribution in [-0.2, 0) is 11.3 Å². The van der Waals surface area contributed by atoms with E-state index in [0.717, 1.165) is 17.7 Å². The van der Waals surface area contributed by atoms with E-state index >= 15 is 0 Å². The van der Waals surface area contributed by atoms with E-state index in [1.54, 1.807) is 14.0 Å². The summed E-state index contributed by atoms with van der Waals surface area (Å²) in [4.78, 5) is 37.7. The summed E-state index contributed by atoms with van der Waals surface area (Å²) in [5, 5.41) is 2.58. The van der Waals surface area contributed by atoms with Crippen LogP contribution in [0.3, 0.4) is 0 Å². The molecule has 0 fully saturated rings. The molecule has 6 nitrogen and oxygen atoms in total. The van der Waals surface area contributed by atoms with Gasteiger partial charge in [0.15, 0.2) is 5.78 Å². The molecule has 8 heteroatoms. The Kier molecular flexibility index (Phi) is 7.40. The fourth-order valence-corrected chi connectivity index (χ4v) is 3.56. The molecule has 0 saturated heterocycles. The Hall–Kier alpha value is -4.07. The van der Waals surface area contributed by atoms with Crippen LogP contribution in [0.1, 0.15) is 45.7 Å². The van der Waals surface area contributed by atoms with Gasteiger partial charge in [0.25, 0.3) is 0 Å². The SMILES string of the molecule is CC(=O)Nc1ccc(C(C)=O)c(OC(=O)c2cc(F)c(N(C)Cc3ccccc3)c(F)c2)c1C. The van der Waals surface area contributed by atoms with Crippen LogP contribution < -0.4 is 15.0 Å². The van der Waals surface area contributed by atoms with Gasteiger partial charge in [-0.3, -0.25) is 9.59 Å². The lowest BCUT2D eigenvalue weighted by atomic mass is 10.0. The van der Waals surface area contributed by atoms with Gasteiger partial charge in [-0.25, -0.2) is 13.6 Å². The van der Waals surface area contributed by atoms with Crippen LogP contribution in [0.5, 0.6) is 5.75 Å². The van der Waals surface area contributed by atoms with Gasteiger partial charge in [-0.15, -0.1) is 0 Å². The van der Waals surface area contributed by atoms with Crippen LogP contribution in [0.25, 0.3) is 0 Å². The molecule has 0 unspecified atom stereocenters. The Bertz CT molecular complexity index is 1240. The van der Waals surface area contributed by atoms with Gasteiger partial charge >= 0.3 is 5.97 Å². The summed E-state index contributed by atoms with van der Waals surface area (Å²) in [6.45, 7) is 4.42. The van der Waals surface area contributed by atoms with Crippen molar-refractivity contribution >= 4 is 29.0 Å². The molecule has 0 spiro atoms. The van der Waals surface area contributed by atoms with Crippen LogP contribution in [0.2, 0.25) is 0 Å². The maximum Gasteiger partial charge on any atom is 0.343 e. The summed E-state index contributed by atoms with van der Waals surface area (Å²) in [7, 11) is 1.54. The molecule has 0 heterocycles. The van der Waals surface area contributed by atoms with Crippen LogP contribution in [-0.4, -0.2) is 24.7 Å². The average molecular weight is 466 g/mol. The van der Waals surface area contributed by atoms with Crippen LogP contribution in [0.4, 0.5) is 20.2 Å². The van der Waals surface area contributed by atoms with E-state index in [1.165, 1.54) is 30.9 Å². The largest absolute Gasteiger partial charge is 0.422 e. The lowest BCUT2D eigenvalue weighted by Gasteiger charge is -2.21. The van der Waals surface area contributed by atoms with Gasteiger partial charge in [-0.1, -0.05) is 30.3 Å². The number of benzene rings is 3. The summed E-state index contributed by atoms with van der Waals surface area (Å²) >= 11 is 0. The number of Topliss-reactive ketones (excluding diaryl/α,β-unsaturated/α-hetero) is 1. The first-order chi connectivity index (χ1) is 16.1. The van der Waals surface area contributed by atoms with E-state index in [4.69, 9.17) is 4.74 Å². The first-order valence-corrected chi connectivity index (χ1v) is 10.5. The first-order valence-electron chi connectivity index (χ1n) is 10.5. The molecule has 0 aliphatic heterocycles. The average Bonchev–Trinajstić information content (AvgIpc) is 2.76. The van der Waals surface area contributed by atoms with Crippen LogP contribution >= 0.6 is 0 Å². The molecular weight excluding hydrogens is 442 g/mol.